The van der Waals surface area contributed by atoms with Gasteiger partial charge in [0.25, 0.3) is 0 Å². The Bertz CT molecular complexity index is 1210. The first-order valence-corrected chi connectivity index (χ1v) is 9.96. The van der Waals surface area contributed by atoms with Crippen molar-refractivity contribution >= 4 is 22.6 Å². The van der Waals surface area contributed by atoms with E-state index in [0.29, 0.717) is 13.0 Å². The van der Waals surface area contributed by atoms with Crippen molar-refractivity contribution in [3.63, 3.8) is 0 Å². The molecule has 1 fully saturated rings. The largest absolute Gasteiger partial charge is 0.391 e. The summed E-state index contributed by atoms with van der Waals surface area (Å²) in [4.78, 5) is 26.6. The predicted molar refractivity (Wildman–Crippen MR) is 110 cm³/mol. The number of aliphatic hydroxyl groups excluding tert-OH is 1. The van der Waals surface area contributed by atoms with Crippen molar-refractivity contribution in [1.82, 2.24) is 24.3 Å². The molecule has 29 heavy (non-hydrogen) atoms. The van der Waals surface area contributed by atoms with Gasteiger partial charge in [-0.05, 0) is 18.1 Å². The number of β-amino-alcohol motifs (C(OH)–C–C–N with tert-alkyl or cyclic N) is 1. The molecule has 4 aromatic rings. The summed E-state index contributed by atoms with van der Waals surface area (Å²) in [5.41, 5.74) is 5.67. The molecule has 0 radical (unpaired) electrons. The van der Waals surface area contributed by atoms with Gasteiger partial charge in [-0.15, -0.1) is 0 Å². The number of nitrogens with one attached hydrogen (secondary N) is 1. The number of carbonyl (C=O) groups is 1. The van der Waals surface area contributed by atoms with E-state index in [9.17, 15) is 9.90 Å². The Labute approximate surface area is 168 Å². The number of amides is 1. The first-order valence-electron chi connectivity index (χ1n) is 9.96. The van der Waals surface area contributed by atoms with Crippen LogP contribution in [0.3, 0.4) is 0 Å². The van der Waals surface area contributed by atoms with E-state index in [1.165, 1.54) is 5.56 Å². The quantitative estimate of drug-likeness (QED) is 0.564. The van der Waals surface area contributed by atoms with E-state index in [1.54, 1.807) is 11.8 Å². The molecule has 3 aromatic heterocycles. The molecule has 1 aromatic carbocycles. The fourth-order valence-corrected chi connectivity index (χ4v) is 4.33. The number of nitrogens with zero attached hydrogens (tertiary/aromatic N) is 4. The fourth-order valence-electron chi connectivity index (χ4n) is 4.33. The number of fused-ring (bicyclic) bond motifs is 3. The molecule has 2 N–H and O–H groups in total. The van der Waals surface area contributed by atoms with E-state index >= 15 is 0 Å². The van der Waals surface area contributed by atoms with Gasteiger partial charge in [-0.3, -0.25) is 9.20 Å². The lowest BCUT2D eigenvalue weighted by atomic mass is 10.1. The van der Waals surface area contributed by atoms with Gasteiger partial charge in [0.2, 0.25) is 5.91 Å². The number of hydrogen-bond acceptors (Lipinski definition) is 4. The highest BCUT2D eigenvalue weighted by Gasteiger charge is 2.37. The van der Waals surface area contributed by atoms with Crippen molar-refractivity contribution in [2.45, 2.75) is 38.8 Å². The van der Waals surface area contributed by atoms with Gasteiger partial charge in [-0.25, -0.2) is 9.97 Å². The Morgan fingerprint density at radius 1 is 1.24 bits per heavy atom. The van der Waals surface area contributed by atoms with Crippen LogP contribution < -0.4 is 0 Å². The Morgan fingerprint density at radius 2 is 2.03 bits per heavy atom. The SMILES string of the molecule is CCc1ccc(-c2nc([C@H]3C[C@@H](O)CN3C(C)=O)n3c2cnc2[nH]ccc23)cc1. The van der Waals surface area contributed by atoms with Gasteiger partial charge in [-0.2, -0.15) is 0 Å². The summed E-state index contributed by atoms with van der Waals surface area (Å²) in [6.07, 6.45) is 4.58. The topological polar surface area (TPSA) is 86.5 Å². The molecule has 5 rings (SSSR count). The highest BCUT2D eigenvalue weighted by molar-refractivity contribution is 5.84. The summed E-state index contributed by atoms with van der Waals surface area (Å²) in [6, 6.07) is 10.1. The average Bonchev–Trinajstić information content (AvgIpc) is 3.43. The normalized spacial score (nSPS) is 19.5. The number of aromatic nitrogens is 4. The van der Waals surface area contributed by atoms with E-state index in [-0.39, 0.29) is 11.9 Å². The van der Waals surface area contributed by atoms with Gasteiger partial charge in [0, 0.05) is 31.6 Å². The zero-order valence-corrected chi connectivity index (χ0v) is 16.5. The molecule has 0 saturated carbocycles. The van der Waals surface area contributed by atoms with Crippen molar-refractivity contribution < 1.29 is 9.90 Å². The summed E-state index contributed by atoms with van der Waals surface area (Å²) in [5, 5.41) is 10.3. The van der Waals surface area contributed by atoms with E-state index in [1.807, 2.05) is 18.5 Å². The molecule has 1 aliphatic heterocycles. The molecule has 1 amide bonds. The van der Waals surface area contributed by atoms with Crippen LogP contribution in [0.1, 0.15) is 37.7 Å². The van der Waals surface area contributed by atoms with Gasteiger partial charge < -0.3 is 15.0 Å². The van der Waals surface area contributed by atoms with Crippen LogP contribution in [0.25, 0.3) is 27.9 Å². The molecular formula is C22H23N5O2. The van der Waals surface area contributed by atoms with Crippen molar-refractivity contribution in [3.05, 3.63) is 54.1 Å². The summed E-state index contributed by atoms with van der Waals surface area (Å²) in [6.45, 7) is 4.00. The van der Waals surface area contributed by atoms with Crippen LogP contribution in [0, 0.1) is 0 Å². The lowest BCUT2D eigenvalue weighted by molar-refractivity contribution is -0.130. The number of aliphatic hydroxyl groups is 1. The van der Waals surface area contributed by atoms with E-state index in [0.717, 1.165) is 40.2 Å². The second-order valence-corrected chi connectivity index (χ2v) is 7.64. The molecule has 4 heterocycles. The van der Waals surface area contributed by atoms with Crippen LogP contribution in [-0.4, -0.2) is 47.9 Å². The van der Waals surface area contributed by atoms with Crippen molar-refractivity contribution in [2.75, 3.05) is 6.54 Å². The van der Waals surface area contributed by atoms with Gasteiger partial charge in [-0.1, -0.05) is 31.2 Å². The third kappa shape index (κ3) is 2.81. The Hall–Kier alpha value is -3.19. The number of aromatic amines is 1. The van der Waals surface area contributed by atoms with Gasteiger partial charge in [0.05, 0.1) is 35.1 Å². The fraction of sp³-hybridized carbons (Fsp3) is 0.318. The molecular weight excluding hydrogens is 366 g/mol. The highest BCUT2D eigenvalue weighted by Crippen LogP contribution is 2.36. The van der Waals surface area contributed by atoms with Crippen LogP contribution in [0.15, 0.2) is 42.7 Å². The van der Waals surface area contributed by atoms with Crippen molar-refractivity contribution in [3.8, 4) is 11.3 Å². The summed E-state index contributed by atoms with van der Waals surface area (Å²) >= 11 is 0. The number of H-pyrrole nitrogens is 1. The first-order chi connectivity index (χ1) is 14.1. The smallest absolute Gasteiger partial charge is 0.220 e. The minimum Gasteiger partial charge on any atom is -0.391 e. The number of rotatable bonds is 3. The van der Waals surface area contributed by atoms with E-state index < -0.39 is 6.10 Å². The minimum atomic E-state index is -0.549. The monoisotopic (exact) mass is 389 g/mol. The van der Waals surface area contributed by atoms with Crippen molar-refractivity contribution in [1.29, 1.82) is 0 Å². The molecule has 2 atom stereocenters. The molecule has 148 valence electrons. The van der Waals surface area contributed by atoms with Crippen LogP contribution in [0.5, 0.6) is 0 Å². The van der Waals surface area contributed by atoms with Crippen LogP contribution in [-0.2, 0) is 11.2 Å². The number of imidazole rings is 1. The number of likely N-dealkylation sites (tertiary alicyclic amines) is 1. The van der Waals surface area contributed by atoms with Gasteiger partial charge in [0.1, 0.15) is 5.82 Å². The van der Waals surface area contributed by atoms with Crippen molar-refractivity contribution in [2.24, 2.45) is 0 Å². The molecule has 0 spiro atoms. The molecule has 0 bridgehead atoms. The molecule has 0 unspecified atom stereocenters. The minimum absolute atomic E-state index is 0.0588. The molecule has 0 aliphatic carbocycles. The lowest BCUT2D eigenvalue weighted by Gasteiger charge is -2.22. The number of benzene rings is 1. The summed E-state index contributed by atoms with van der Waals surface area (Å²) in [7, 11) is 0. The maximum atomic E-state index is 12.2. The lowest BCUT2D eigenvalue weighted by Crippen LogP contribution is -2.30. The zero-order chi connectivity index (χ0) is 20.1. The summed E-state index contributed by atoms with van der Waals surface area (Å²) in [5.74, 6) is 0.699. The van der Waals surface area contributed by atoms with E-state index in [2.05, 4.69) is 45.6 Å². The van der Waals surface area contributed by atoms with Crippen LogP contribution in [0.4, 0.5) is 0 Å². The maximum Gasteiger partial charge on any atom is 0.220 e. The second-order valence-electron chi connectivity index (χ2n) is 7.64. The van der Waals surface area contributed by atoms with E-state index in [4.69, 9.17) is 4.98 Å². The molecule has 7 heteroatoms. The molecule has 1 aliphatic rings. The molecule has 7 nitrogen and oxygen atoms in total. The standard InChI is InChI=1S/C22H23N5O2/c1-3-14-4-6-15(7-5-14)20-19-11-24-21-17(8-9-23-21)27(19)22(25-20)18-10-16(29)12-26(18)13(2)28/h4-9,11,16,18,23,29H,3,10,12H2,1-2H3/t16-,18-/m1/s1. The Kier molecular flexibility index (Phi) is 4.13. The third-order valence-electron chi connectivity index (χ3n) is 5.82. The van der Waals surface area contributed by atoms with Crippen LogP contribution in [0.2, 0.25) is 0 Å². The predicted octanol–water partition coefficient (Wildman–Crippen LogP) is 3.09. The Morgan fingerprint density at radius 3 is 2.76 bits per heavy atom. The van der Waals surface area contributed by atoms with Crippen LogP contribution >= 0.6 is 0 Å². The van der Waals surface area contributed by atoms with Gasteiger partial charge in [0.15, 0.2) is 5.65 Å². The first kappa shape index (κ1) is 17.9. The second kappa shape index (κ2) is 6.70. The third-order valence-corrected chi connectivity index (χ3v) is 5.82. The van der Waals surface area contributed by atoms with Gasteiger partial charge >= 0.3 is 0 Å². The maximum absolute atomic E-state index is 12.2. The molecule has 1 saturated heterocycles. The number of carbonyl (C=O) groups excluding carboxylic acids is 1. The zero-order valence-electron chi connectivity index (χ0n) is 16.5. The summed E-state index contributed by atoms with van der Waals surface area (Å²) < 4.78 is 2.07. The number of aryl methyl sites for hydroxylation is 1. The highest BCUT2D eigenvalue weighted by atomic mass is 16.3. The Balaban J connectivity index is 1.76. The number of hydrogen-bond donors (Lipinski definition) is 2. The average molecular weight is 389 g/mol.